The van der Waals surface area contributed by atoms with E-state index >= 15 is 0 Å². The summed E-state index contributed by atoms with van der Waals surface area (Å²) in [6.07, 6.45) is -7.39. The van der Waals surface area contributed by atoms with Crippen LogP contribution in [0.2, 0.25) is 0 Å². The third kappa shape index (κ3) is 5.03. The Balaban J connectivity index is 1.63. The first-order chi connectivity index (χ1) is 15.2. The lowest BCUT2D eigenvalue weighted by molar-refractivity contribution is -0.277. The van der Waals surface area contributed by atoms with Crippen LogP contribution in [-0.4, -0.2) is 81.0 Å². The summed E-state index contributed by atoms with van der Waals surface area (Å²) in [4.78, 5) is 12.2. The second-order valence-corrected chi connectivity index (χ2v) is 7.08. The molecule has 0 spiro atoms. The largest absolute Gasteiger partial charge is 0.504 e. The maximum atomic E-state index is 12.2. The van der Waals surface area contributed by atoms with E-state index in [4.69, 9.17) is 18.9 Å². The van der Waals surface area contributed by atoms with Gasteiger partial charge in [-0.3, -0.25) is 0 Å². The van der Waals surface area contributed by atoms with Gasteiger partial charge < -0.3 is 49.6 Å². The number of hydrogen-bond acceptors (Lipinski definition) is 11. The lowest BCUT2D eigenvalue weighted by Crippen LogP contribution is -2.60. The standard InChI is InChI=1S/C21H24O11/c1-29-15-7-11(3-4-12(15)23)20(28)30-9-10-2-5-14(13(24)6-10)31-21-19(27)18(26)17(25)16(8-22)32-21/h2-7,16-19,21-27H,8-9H2,1H3/t16-,17-,18-,19-,21-/m1/s1. The van der Waals surface area contributed by atoms with Gasteiger partial charge in [-0.05, 0) is 35.9 Å². The maximum Gasteiger partial charge on any atom is 0.338 e. The number of methoxy groups -OCH3 is 1. The van der Waals surface area contributed by atoms with Crippen molar-refractivity contribution in [3.8, 4) is 23.0 Å². The monoisotopic (exact) mass is 452 g/mol. The molecule has 11 nitrogen and oxygen atoms in total. The predicted molar refractivity (Wildman–Crippen MR) is 106 cm³/mol. The normalized spacial score (nSPS) is 25.2. The molecular weight excluding hydrogens is 428 g/mol. The van der Waals surface area contributed by atoms with Crippen LogP contribution in [0.5, 0.6) is 23.0 Å². The molecule has 174 valence electrons. The van der Waals surface area contributed by atoms with Crippen LogP contribution in [0.15, 0.2) is 36.4 Å². The van der Waals surface area contributed by atoms with E-state index < -0.39 is 43.3 Å². The molecule has 0 aromatic heterocycles. The number of rotatable bonds is 7. The molecule has 6 N–H and O–H groups in total. The van der Waals surface area contributed by atoms with E-state index in [1.165, 1.54) is 43.5 Å². The molecule has 0 radical (unpaired) electrons. The summed E-state index contributed by atoms with van der Waals surface area (Å²) in [5.41, 5.74) is 0.578. The average molecular weight is 452 g/mol. The van der Waals surface area contributed by atoms with Gasteiger partial charge in [0, 0.05) is 0 Å². The van der Waals surface area contributed by atoms with Crippen LogP contribution in [-0.2, 0) is 16.1 Å². The van der Waals surface area contributed by atoms with Gasteiger partial charge >= 0.3 is 5.97 Å². The average Bonchev–Trinajstić information content (AvgIpc) is 2.79. The molecule has 3 rings (SSSR count). The second kappa shape index (κ2) is 10.0. The third-order valence-corrected chi connectivity index (χ3v) is 4.90. The number of phenolic OH excluding ortho intramolecular Hbond substituents is 2. The summed E-state index contributed by atoms with van der Waals surface area (Å²) in [5, 5.41) is 58.7. The predicted octanol–water partition coefficient (Wildman–Crippen LogP) is -0.358. The van der Waals surface area contributed by atoms with Crippen molar-refractivity contribution in [2.75, 3.05) is 13.7 Å². The van der Waals surface area contributed by atoms with Crippen molar-refractivity contribution >= 4 is 5.97 Å². The molecule has 0 bridgehead atoms. The SMILES string of the molecule is COc1cc(C(=O)OCc2ccc(O[C@@H]3O[C@H](CO)[C@@H](O)[C@@H](O)[C@H]3O)c(O)c2)ccc1O. The summed E-state index contributed by atoms with van der Waals surface area (Å²) in [6.45, 7) is -0.802. The Bertz CT molecular complexity index is 945. The highest BCUT2D eigenvalue weighted by atomic mass is 16.7. The molecule has 1 saturated heterocycles. The number of phenols is 2. The summed E-state index contributed by atoms with van der Waals surface area (Å²) in [6, 6.07) is 8.09. The first kappa shape index (κ1) is 23.6. The smallest absolute Gasteiger partial charge is 0.338 e. The Morgan fingerprint density at radius 2 is 1.72 bits per heavy atom. The summed E-state index contributed by atoms with van der Waals surface area (Å²) < 4.78 is 20.8. The zero-order valence-corrected chi connectivity index (χ0v) is 17.0. The zero-order chi connectivity index (χ0) is 23.4. The zero-order valence-electron chi connectivity index (χ0n) is 17.0. The topological polar surface area (TPSA) is 175 Å². The van der Waals surface area contributed by atoms with E-state index in [0.717, 1.165) is 0 Å². The van der Waals surface area contributed by atoms with Gasteiger partial charge in [-0.1, -0.05) is 6.07 Å². The fraction of sp³-hybridized carbons (Fsp3) is 0.381. The van der Waals surface area contributed by atoms with Gasteiger partial charge in [-0.25, -0.2) is 4.79 Å². The van der Waals surface area contributed by atoms with Gasteiger partial charge in [0.25, 0.3) is 0 Å². The van der Waals surface area contributed by atoms with E-state index in [-0.39, 0.29) is 35.2 Å². The first-order valence-corrected chi connectivity index (χ1v) is 9.58. The highest BCUT2D eigenvalue weighted by molar-refractivity contribution is 5.90. The minimum absolute atomic E-state index is 0.104. The van der Waals surface area contributed by atoms with Crippen LogP contribution in [0, 0.1) is 0 Å². The number of benzene rings is 2. The lowest BCUT2D eigenvalue weighted by Gasteiger charge is -2.39. The molecular formula is C21H24O11. The molecule has 1 heterocycles. The molecule has 0 unspecified atom stereocenters. The number of aromatic hydroxyl groups is 2. The Hall–Kier alpha value is -3.09. The molecule has 32 heavy (non-hydrogen) atoms. The van der Waals surface area contributed by atoms with Crippen LogP contribution in [0.25, 0.3) is 0 Å². The second-order valence-electron chi connectivity index (χ2n) is 7.08. The van der Waals surface area contributed by atoms with E-state index in [1.807, 2.05) is 0 Å². The van der Waals surface area contributed by atoms with Gasteiger partial charge in [0.1, 0.15) is 31.0 Å². The number of carbonyl (C=O) groups excluding carboxylic acids is 1. The first-order valence-electron chi connectivity index (χ1n) is 9.58. The van der Waals surface area contributed by atoms with E-state index in [0.29, 0.717) is 5.56 Å². The number of carbonyl (C=O) groups is 1. The van der Waals surface area contributed by atoms with Crippen molar-refractivity contribution in [2.24, 2.45) is 0 Å². The van der Waals surface area contributed by atoms with Gasteiger partial charge in [-0.15, -0.1) is 0 Å². The Morgan fingerprint density at radius 1 is 0.969 bits per heavy atom. The number of aliphatic hydroxyl groups is 4. The van der Waals surface area contributed by atoms with E-state index in [9.17, 15) is 35.4 Å². The van der Waals surface area contributed by atoms with E-state index in [1.54, 1.807) is 0 Å². The summed E-state index contributed by atoms with van der Waals surface area (Å²) in [5.74, 6) is -1.14. The molecule has 2 aromatic carbocycles. The van der Waals surface area contributed by atoms with Crippen LogP contribution < -0.4 is 9.47 Å². The Morgan fingerprint density at radius 3 is 2.38 bits per heavy atom. The van der Waals surface area contributed by atoms with Crippen LogP contribution in [0.3, 0.4) is 0 Å². The molecule has 11 heteroatoms. The van der Waals surface area contributed by atoms with Crippen molar-refractivity contribution in [1.29, 1.82) is 0 Å². The van der Waals surface area contributed by atoms with Crippen molar-refractivity contribution in [3.63, 3.8) is 0 Å². The molecule has 0 amide bonds. The molecule has 0 aliphatic carbocycles. The minimum Gasteiger partial charge on any atom is -0.504 e. The lowest BCUT2D eigenvalue weighted by atomic mass is 9.99. The van der Waals surface area contributed by atoms with Crippen molar-refractivity contribution < 1.29 is 54.4 Å². The molecule has 1 aliphatic rings. The van der Waals surface area contributed by atoms with E-state index in [2.05, 4.69) is 0 Å². The third-order valence-electron chi connectivity index (χ3n) is 4.90. The van der Waals surface area contributed by atoms with Crippen molar-refractivity contribution in [3.05, 3.63) is 47.5 Å². The van der Waals surface area contributed by atoms with Crippen LogP contribution in [0.4, 0.5) is 0 Å². The van der Waals surface area contributed by atoms with Gasteiger partial charge in [0.05, 0.1) is 19.3 Å². The van der Waals surface area contributed by atoms with Crippen LogP contribution in [0.1, 0.15) is 15.9 Å². The number of aliphatic hydroxyl groups excluding tert-OH is 4. The number of ether oxygens (including phenoxy) is 4. The minimum atomic E-state index is -1.63. The molecule has 0 saturated carbocycles. The van der Waals surface area contributed by atoms with Gasteiger partial charge in [0.2, 0.25) is 6.29 Å². The van der Waals surface area contributed by atoms with Crippen molar-refractivity contribution in [1.82, 2.24) is 0 Å². The quantitative estimate of drug-likeness (QED) is 0.303. The molecule has 5 atom stereocenters. The molecule has 1 fully saturated rings. The van der Waals surface area contributed by atoms with Gasteiger partial charge in [0.15, 0.2) is 23.0 Å². The maximum absolute atomic E-state index is 12.2. The molecule has 1 aliphatic heterocycles. The summed E-state index contributed by atoms with van der Waals surface area (Å²) in [7, 11) is 1.35. The summed E-state index contributed by atoms with van der Waals surface area (Å²) >= 11 is 0. The Kier molecular flexibility index (Phi) is 7.38. The fourth-order valence-electron chi connectivity index (χ4n) is 3.08. The van der Waals surface area contributed by atoms with Crippen molar-refractivity contribution in [2.45, 2.75) is 37.3 Å². The Labute approximate surface area is 182 Å². The van der Waals surface area contributed by atoms with Gasteiger partial charge in [-0.2, -0.15) is 0 Å². The number of hydrogen-bond donors (Lipinski definition) is 6. The molecule has 2 aromatic rings. The highest BCUT2D eigenvalue weighted by Crippen LogP contribution is 2.32. The van der Waals surface area contributed by atoms with Crippen LogP contribution >= 0.6 is 0 Å². The highest BCUT2D eigenvalue weighted by Gasteiger charge is 2.44. The fourth-order valence-corrected chi connectivity index (χ4v) is 3.08. The number of esters is 1.